The lowest BCUT2D eigenvalue weighted by atomic mass is 9.93. The number of nitrogens with one attached hydrogen (secondary N) is 1. The number of piperidine rings is 1. The molecule has 1 aliphatic carbocycles. The summed E-state index contributed by atoms with van der Waals surface area (Å²) in [6, 6.07) is 0.666. The molecule has 1 heterocycles. The van der Waals surface area contributed by atoms with Crippen LogP contribution in [0.2, 0.25) is 0 Å². The molecule has 1 saturated heterocycles. The molecule has 0 aromatic carbocycles. The largest absolute Gasteiger partial charge is 0.394 e. The van der Waals surface area contributed by atoms with Gasteiger partial charge in [-0.1, -0.05) is 13.3 Å². The normalized spacial score (nSPS) is 30.2. The first-order valence-corrected chi connectivity index (χ1v) is 7.26. The number of likely N-dealkylation sites (tertiary alicyclic amines) is 1. The van der Waals surface area contributed by atoms with Gasteiger partial charge < -0.3 is 15.3 Å². The summed E-state index contributed by atoms with van der Waals surface area (Å²) >= 11 is 0. The van der Waals surface area contributed by atoms with Gasteiger partial charge in [-0.25, -0.2) is 0 Å². The molecule has 0 bridgehead atoms. The van der Waals surface area contributed by atoms with E-state index in [1.54, 1.807) is 0 Å². The van der Waals surface area contributed by atoms with Crippen LogP contribution < -0.4 is 5.32 Å². The van der Waals surface area contributed by atoms with Crippen LogP contribution in [0.1, 0.15) is 46.0 Å². The highest BCUT2D eigenvalue weighted by atomic mass is 16.3. The van der Waals surface area contributed by atoms with Crippen molar-refractivity contribution in [3.05, 3.63) is 0 Å². The third-order valence-electron chi connectivity index (χ3n) is 4.23. The minimum absolute atomic E-state index is 0.100. The molecule has 2 N–H and O–H groups in total. The van der Waals surface area contributed by atoms with Gasteiger partial charge in [-0.3, -0.25) is 0 Å². The molecule has 0 amide bonds. The molecule has 3 heteroatoms. The Labute approximate surface area is 106 Å². The lowest BCUT2D eigenvalue weighted by Gasteiger charge is -2.39. The summed E-state index contributed by atoms with van der Waals surface area (Å²) in [5.74, 6) is 0.868. The molecule has 3 nitrogen and oxygen atoms in total. The first-order chi connectivity index (χ1) is 8.15. The fraction of sp³-hybridized carbons (Fsp3) is 1.00. The summed E-state index contributed by atoms with van der Waals surface area (Å²) in [4.78, 5) is 2.54. The van der Waals surface area contributed by atoms with Gasteiger partial charge in [-0.05, 0) is 45.1 Å². The number of hydrogen-bond acceptors (Lipinski definition) is 3. The molecule has 0 spiro atoms. The van der Waals surface area contributed by atoms with Gasteiger partial charge in [0.05, 0.1) is 12.1 Å². The van der Waals surface area contributed by atoms with Crippen molar-refractivity contribution >= 4 is 0 Å². The van der Waals surface area contributed by atoms with Crippen LogP contribution in [0.3, 0.4) is 0 Å². The Morgan fingerprint density at radius 2 is 2.12 bits per heavy atom. The summed E-state index contributed by atoms with van der Waals surface area (Å²) < 4.78 is 0. The molecule has 2 fully saturated rings. The molecule has 2 aliphatic rings. The molecule has 2 rings (SSSR count). The number of aliphatic hydroxyl groups is 1. The van der Waals surface area contributed by atoms with Gasteiger partial charge in [0.2, 0.25) is 0 Å². The molecule has 2 atom stereocenters. The summed E-state index contributed by atoms with van der Waals surface area (Å²) in [6.45, 7) is 8.13. The van der Waals surface area contributed by atoms with Gasteiger partial charge in [0.1, 0.15) is 0 Å². The van der Waals surface area contributed by atoms with Crippen molar-refractivity contribution in [2.24, 2.45) is 5.92 Å². The maximum absolute atomic E-state index is 9.63. The second-order valence-corrected chi connectivity index (χ2v) is 6.29. The molecule has 1 aliphatic heterocycles. The SMILES string of the molecule is CCC1CCCN(CC(C)(CO)NC2CC2)C1. The van der Waals surface area contributed by atoms with Crippen molar-refractivity contribution in [3.63, 3.8) is 0 Å². The molecular weight excluding hydrogens is 212 g/mol. The average Bonchev–Trinajstić information content (AvgIpc) is 3.13. The Morgan fingerprint density at radius 3 is 2.71 bits per heavy atom. The predicted octanol–water partition coefficient (Wildman–Crippen LogP) is 1.61. The monoisotopic (exact) mass is 240 g/mol. The zero-order chi connectivity index (χ0) is 12.3. The molecule has 2 unspecified atom stereocenters. The minimum Gasteiger partial charge on any atom is -0.394 e. The van der Waals surface area contributed by atoms with Crippen molar-refractivity contribution in [2.45, 2.75) is 57.5 Å². The fourth-order valence-electron chi connectivity index (χ4n) is 2.98. The number of hydrogen-bond donors (Lipinski definition) is 2. The lowest BCUT2D eigenvalue weighted by Crippen LogP contribution is -2.56. The van der Waals surface area contributed by atoms with E-state index in [-0.39, 0.29) is 12.1 Å². The van der Waals surface area contributed by atoms with Crippen LogP contribution in [0.4, 0.5) is 0 Å². The Morgan fingerprint density at radius 1 is 1.35 bits per heavy atom. The average molecular weight is 240 g/mol. The van der Waals surface area contributed by atoms with Crippen LogP contribution in [-0.4, -0.2) is 47.8 Å². The van der Waals surface area contributed by atoms with Crippen LogP contribution in [-0.2, 0) is 0 Å². The van der Waals surface area contributed by atoms with E-state index in [2.05, 4.69) is 24.1 Å². The van der Waals surface area contributed by atoms with E-state index >= 15 is 0 Å². The highest BCUT2D eigenvalue weighted by Crippen LogP contribution is 2.25. The van der Waals surface area contributed by atoms with Gasteiger partial charge in [0.15, 0.2) is 0 Å². The van der Waals surface area contributed by atoms with Crippen LogP contribution in [0.15, 0.2) is 0 Å². The highest BCUT2D eigenvalue weighted by Gasteiger charge is 2.34. The van der Waals surface area contributed by atoms with Gasteiger partial charge in [0.25, 0.3) is 0 Å². The van der Waals surface area contributed by atoms with Gasteiger partial charge in [-0.2, -0.15) is 0 Å². The summed E-state index contributed by atoms with van der Waals surface area (Å²) in [5, 5.41) is 13.2. The number of aliphatic hydroxyl groups excluding tert-OH is 1. The molecular formula is C14H28N2O. The first-order valence-electron chi connectivity index (χ1n) is 7.26. The quantitative estimate of drug-likeness (QED) is 0.740. The Bertz CT molecular complexity index is 242. The maximum atomic E-state index is 9.63. The van der Waals surface area contributed by atoms with Crippen molar-refractivity contribution in [1.29, 1.82) is 0 Å². The highest BCUT2D eigenvalue weighted by molar-refractivity contribution is 4.94. The van der Waals surface area contributed by atoms with Gasteiger partial charge >= 0.3 is 0 Å². The summed E-state index contributed by atoms with van der Waals surface area (Å²) in [6.07, 6.45) is 6.57. The summed E-state index contributed by atoms with van der Waals surface area (Å²) in [7, 11) is 0. The van der Waals surface area contributed by atoms with Crippen LogP contribution >= 0.6 is 0 Å². The second-order valence-electron chi connectivity index (χ2n) is 6.29. The second kappa shape index (κ2) is 5.68. The lowest BCUT2D eigenvalue weighted by molar-refractivity contribution is 0.0893. The van der Waals surface area contributed by atoms with Crippen molar-refractivity contribution in [3.8, 4) is 0 Å². The smallest absolute Gasteiger partial charge is 0.0623 e. The molecule has 0 aromatic rings. The van der Waals surface area contributed by atoms with Crippen molar-refractivity contribution in [2.75, 3.05) is 26.2 Å². The third-order valence-corrected chi connectivity index (χ3v) is 4.23. The van der Waals surface area contributed by atoms with Crippen LogP contribution in [0.5, 0.6) is 0 Å². The Balaban J connectivity index is 1.83. The van der Waals surface area contributed by atoms with E-state index in [0.717, 1.165) is 12.5 Å². The zero-order valence-corrected chi connectivity index (χ0v) is 11.4. The standard InChI is InChI=1S/C14H28N2O/c1-3-12-5-4-8-16(9-12)10-14(2,11-17)15-13-6-7-13/h12-13,15,17H,3-11H2,1-2H3. The Hall–Kier alpha value is -0.120. The van der Waals surface area contributed by atoms with Gasteiger partial charge in [-0.15, -0.1) is 0 Å². The Kier molecular flexibility index (Phi) is 4.45. The van der Waals surface area contributed by atoms with Crippen molar-refractivity contribution in [1.82, 2.24) is 10.2 Å². The summed E-state index contributed by atoms with van der Waals surface area (Å²) in [5.41, 5.74) is -0.100. The molecule has 0 aromatic heterocycles. The van der Waals surface area contributed by atoms with E-state index in [4.69, 9.17) is 0 Å². The van der Waals surface area contributed by atoms with Gasteiger partial charge in [0, 0.05) is 19.1 Å². The van der Waals surface area contributed by atoms with E-state index in [1.165, 1.54) is 45.2 Å². The topological polar surface area (TPSA) is 35.5 Å². The van der Waals surface area contributed by atoms with Crippen molar-refractivity contribution < 1.29 is 5.11 Å². The third kappa shape index (κ3) is 3.94. The molecule has 100 valence electrons. The van der Waals surface area contributed by atoms with E-state index in [1.807, 2.05) is 0 Å². The van der Waals surface area contributed by atoms with E-state index < -0.39 is 0 Å². The van der Waals surface area contributed by atoms with Crippen LogP contribution in [0.25, 0.3) is 0 Å². The fourth-order valence-corrected chi connectivity index (χ4v) is 2.98. The predicted molar refractivity (Wildman–Crippen MR) is 71.1 cm³/mol. The minimum atomic E-state index is -0.100. The van der Waals surface area contributed by atoms with E-state index in [9.17, 15) is 5.11 Å². The molecule has 1 saturated carbocycles. The first kappa shape index (κ1) is 13.3. The number of rotatable bonds is 6. The molecule has 17 heavy (non-hydrogen) atoms. The maximum Gasteiger partial charge on any atom is 0.0623 e. The zero-order valence-electron chi connectivity index (χ0n) is 11.4. The van der Waals surface area contributed by atoms with E-state index in [0.29, 0.717) is 6.04 Å². The molecule has 0 radical (unpaired) electrons. The van der Waals surface area contributed by atoms with Crippen LogP contribution in [0, 0.1) is 5.92 Å². The number of nitrogens with zero attached hydrogens (tertiary/aromatic N) is 1.